The van der Waals surface area contributed by atoms with Crippen molar-refractivity contribution in [2.45, 2.75) is 63.3 Å². The number of halogens is 1. The number of hydrogen-bond acceptors (Lipinski definition) is 2. The lowest BCUT2D eigenvalue weighted by molar-refractivity contribution is 0.246. The summed E-state index contributed by atoms with van der Waals surface area (Å²) >= 11 is 0. The van der Waals surface area contributed by atoms with Crippen LogP contribution in [0.3, 0.4) is 0 Å². The lowest BCUT2D eigenvalue weighted by atomic mass is 9.66. The standard InChI is InChI=1S/C20H32N2.ClH/c1-4-19-20(13-8-5-9-14-20)17-11-6-7-12-18(17)22(19)16-10-15-21(2)3;/h6-7,11-12,19H,4-5,8-10,13-16H2,1-3H3;1H. The summed E-state index contributed by atoms with van der Waals surface area (Å²) in [6.07, 6.45) is 9.58. The molecule has 130 valence electrons. The van der Waals surface area contributed by atoms with E-state index in [4.69, 9.17) is 0 Å². The first-order chi connectivity index (χ1) is 10.7. The highest BCUT2D eigenvalue weighted by atomic mass is 35.5. The van der Waals surface area contributed by atoms with Crippen LogP contribution >= 0.6 is 12.4 Å². The minimum Gasteiger partial charge on any atom is -0.367 e. The molecule has 1 aromatic carbocycles. The lowest BCUT2D eigenvalue weighted by Gasteiger charge is -2.42. The Hall–Kier alpha value is -0.730. The number of para-hydroxylation sites is 1. The molecule has 0 saturated heterocycles. The molecule has 0 radical (unpaired) electrons. The van der Waals surface area contributed by atoms with Crippen molar-refractivity contribution in [3.8, 4) is 0 Å². The van der Waals surface area contributed by atoms with E-state index in [1.54, 1.807) is 5.56 Å². The van der Waals surface area contributed by atoms with Gasteiger partial charge in [-0.1, -0.05) is 44.4 Å². The maximum atomic E-state index is 2.75. The predicted octanol–water partition coefficient (Wildman–Crippen LogP) is 4.86. The summed E-state index contributed by atoms with van der Waals surface area (Å²) in [6, 6.07) is 10.00. The predicted molar refractivity (Wildman–Crippen MR) is 103 cm³/mol. The molecule has 1 aliphatic carbocycles. The van der Waals surface area contributed by atoms with Crippen molar-refractivity contribution in [1.29, 1.82) is 0 Å². The fraction of sp³-hybridized carbons (Fsp3) is 0.700. The molecule has 1 unspecified atom stereocenters. The molecule has 0 bridgehead atoms. The van der Waals surface area contributed by atoms with Crippen LogP contribution in [-0.2, 0) is 5.41 Å². The topological polar surface area (TPSA) is 6.48 Å². The van der Waals surface area contributed by atoms with E-state index >= 15 is 0 Å². The van der Waals surface area contributed by atoms with Crippen molar-refractivity contribution < 1.29 is 0 Å². The van der Waals surface area contributed by atoms with Gasteiger partial charge in [-0.3, -0.25) is 0 Å². The molecule has 0 aromatic heterocycles. The van der Waals surface area contributed by atoms with Gasteiger partial charge in [0, 0.05) is 23.7 Å². The van der Waals surface area contributed by atoms with E-state index in [-0.39, 0.29) is 12.4 Å². The zero-order valence-corrected chi connectivity index (χ0v) is 15.9. The average molecular weight is 337 g/mol. The maximum absolute atomic E-state index is 2.75. The van der Waals surface area contributed by atoms with Crippen molar-refractivity contribution in [1.82, 2.24) is 4.90 Å². The Morgan fingerprint density at radius 2 is 1.83 bits per heavy atom. The highest BCUT2D eigenvalue weighted by Crippen LogP contribution is 2.53. The number of hydrogen-bond donors (Lipinski definition) is 0. The Morgan fingerprint density at radius 3 is 2.48 bits per heavy atom. The van der Waals surface area contributed by atoms with E-state index < -0.39 is 0 Å². The summed E-state index contributed by atoms with van der Waals surface area (Å²) < 4.78 is 0. The second kappa shape index (κ2) is 7.90. The molecule has 0 N–H and O–H groups in total. The van der Waals surface area contributed by atoms with Crippen LogP contribution in [-0.4, -0.2) is 38.1 Å². The van der Waals surface area contributed by atoms with E-state index in [0.29, 0.717) is 11.5 Å². The van der Waals surface area contributed by atoms with Crippen molar-refractivity contribution in [3.05, 3.63) is 29.8 Å². The molecule has 1 heterocycles. The number of fused-ring (bicyclic) bond motifs is 2. The Kier molecular flexibility index (Phi) is 6.39. The Labute approximate surface area is 148 Å². The molecule has 3 heteroatoms. The highest BCUT2D eigenvalue weighted by Gasteiger charge is 2.49. The largest absolute Gasteiger partial charge is 0.367 e. The van der Waals surface area contributed by atoms with Gasteiger partial charge in [0.1, 0.15) is 0 Å². The van der Waals surface area contributed by atoms with E-state index in [9.17, 15) is 0 Å². The summed E-state index contributed by atoms with van der Waals surface area (Å²) in [5.74, 6) is 0. The van der Waals surface area contributed by atoms with Crippen LogP contribution in [0.2, 0.25) is 0 Å². The average Bonchev–Trinajstić information content (AvgIpc) is 2.78. The van der Waals surface area contributed by atoms with Crippen LogP contribution in [0, 0.1) is 0 Å². The van der Waals surface area contributed by atoms with Gasteiger partial charge in [0.15, 0.2) is 0 Å². The molecule has 2 aliphatic rings. The van der Waals surface area contributed by atoms with E-state index in [1.807, 2.05) is 0 Å². The van der Waals surface area contributed by atoms with Gasteiger partial charge in [-0.25, -0.2) is 0 Å². The van der Waals surface area contributed by atoms with Gasteiger partial charge in [0.2, 0.25) is 0 Å². The molecule has 1 fully saturated rings. The second-order valence-corrected chi connectivity index (χ2v) is 7.51. The smallest absolute Gasteiger partial charge is 0.0408 e. The minimum absolute atomic E-state index is 0. The highest BCUT2D eigenvalue weighted by molar-refractivity contribution is 5.85. The summed E-state index contributed by atoms with van der Waals surface area (Å²) in [5.41, 5.74) is 3.64. The first kappa shape index (κ1) is 18.6. The van der Waals surface area contributed by atoms with Crippen LogP contribution in [0.1, 0.15) is 57.4 Å². The van der Waals surface area contributed by atoms with Crippen molar-refractivity contribution in [3.63, 3.8) is 0 Å². The summed E-state index contributed by atoms with van der Waals surface area (Å²) in [4.78, 5) is 5.06. The zero-order valence-electron chi connectivity index (χ0n) is 15.1. The number of nitrogens with zero attached hydrogens (tertiary/aromatic N) is 2. The second-order valence-electron chi connectivity index (χ2n) is 7.51. The molecule has 0 amide bonds. The summed E-state index contributed by atoms with van der Waals surface area (Å²) in [7, 11) is 4.36. The van der Waals surface area contributed by atoms with Crippen LogP contribution in [0.15, 0.2) is 24.3 Å². The third-order valence-electron chi connectivity index (χ3n) is 5.90. The molecular formula is C20H33ClN2. The van der Waals surface area contributed by atoms with Crippen molar-refractivity contribution in [2.24, 2.45) is 0 Å². The molecule has 1 saturated carbocycles. The van der Waals surface area contributed by atoms with E-state index in [2.05, 4.69) is 55.1 Å². The van der Waals surface area contributed by atoms with Gasteiger partial charge in [-0.05, 0) is 58.0 Å². The lowest BCUT2D eigenvalue weighted by Crippen LogP contribution is -2.46. The van der Waals surface area contributed by atoms with Gasteiger partial charge in [-0.2, -0.15) is 0 Å². The molecule has 1 atom stereocenters. The Bertz CT molecular complexity index is 494. The van der Waals surface area contributed by atoms with E-state index in [1.165, 1.54) is 63.7 Å². The molecule has 1 spiro atoms. The number of benzene rings is 1. The molecule has 1 aliphatic heterocycles. The molecule has 3 rings (SSSR count). The van der Waals surface area contributed by atoms with Crippen molar-refractivity contribution in [2.75, 3.05) is 32.1 Å². The van der Waals surface area contributed by atoms with E-state index in [0.717, 1.165) is 0 Å². The number of rotatable bonds is 5. The third-order valence-corrected chi connectivity index (χ3v) is 5.90. The van der Waals surface area contributed by atoms with Crippen LogP contribution in [0.5, 0.6) is 0 Å². The summed E-state index contributed by atoms with van der Waals surface area (Å²) in [6.45, 7) is 4.78. The first-order valence-corrected chi connectivity index (χ1v) is 9.20. The Morgan fingerprint density at radius 1 is 1.13 bits per heavy atom. The molecule has 23 heavy (non-hydrogen) atoms. The molecular weight excluding hydrogens is 304 g/mol. The van der Waals surface area contributed by atoms with Crippen LogP contribution in [0.25, 0.3) is 0 Å². The normalized spacial score (nSPS) is 22.3. The fourth-order valence-corrected chi connectivity index (χ4v) is 5.02. The number of anilines is 1. The fourth-order valence-electron chi connectivity index (χ4n) is 5.02. The maximum Gasteiger partial charge on any atom is 0.0408 e. The zero-order chi connectivity index (χ0) is 15.6. The monoisotopic (exact) mass is 336 g/mol. The molecule has 1 aromatic rings. The van der Waals surface area contributed by atoms with Crippen LogP contribution < -0.4 is 4.90 Å². The first-order valence-electron chi connectivity index (χ1n) is 9.20. The third kappa shape index (κ3) is 3.39. The van der Waals surface area contributed by atoms with Gasteiger partial charge >= 0.3 is 0 Å². The minimum atomic E-state index is 0. The van der Waals surface area contributed by atoms with Crippen LogP contribution in [0.4, 0.5) is 5.69 Å². The van der Waals surface area contributed by atoms with Gasteiger partial charge in [0.25, 0.3) is 0 Å². The van der Waals surface area contributed by atoms with Gasteiger partial charge in [-0.15, -0.1) is 12.4 Å². The summed E-state index contributed by atoms with van der Waals surface area (Å²) in [5, 5.41) is 0. The molecule has 2 nitrogen and oxygen atoms in total. The SMILES string of the molecule is CCC1N(CCCN(C)C)c2ccccc2C12CCCCC2.Cl. The van der Waals surface area contributed by atoms with Gasteiger partial charge < -0.3 is 9.80 Å². The Balaban J connectivity index is 0.00000192. The van der Waals surface area contributed by atoms with Gasteiger partial charge in [0.05, 0.1) is 0 Å². The quantitative estimate of drug-likeness (QED) is 0.757. The van der Waals surface area contributed by atoms with Crippen molar-refractivity contribution >= 4 is 18.1 Å².